The van der Waals surface area contributed by atoms with E-state index in [0.717, 1.165) is 30.9 Å². The summed E-state index contributed by atoms with van der Waals surface area (Å²) in [7, 11) is 0. The van der Waals surface area contributed by atoms with Crippen molar-refractivity contribution in [3.8, 4) is 0 Å². The van der Waals surface area contributed by atoms with Gasteiger partial charge in [-0.15, -0.1) is 12.4 Å². The third-order valence-corrected chi connectivity index (χ3v) is 3.40. The van der Waals surface area contributed by atoms with E-state index in [1.54, 1.807) is 0 Å². The second kappa shape index (κ2) is 7.48. The van der Waals surface area contributed by atoms with Gasteiger partial charge in [-0.1, -0.05) is 18.2 Å². The normalized spacial score (nSPS) is 19.6. The number of halogens is 1. The SMILES string of the molecule is Cc1ccccc1NC(=O)CN1CCNCC1C.Cl. The Hall–Kier alpha value is -1.10. The molecule has 1 atom stereocenters. The number of piperazine rings is 1. The molecule has 1 fully saturated rings. The Morgan fingerprint density at radius 1 is 1.47 bits per heavy atom. The number of benzene rings is 1. The van der Waals surface area contributed by atoms with E-state index in [2.05, 4.69) is 22.5 Å². The van der Waals surface area contributed by atoms with Gasteiger partial charge in [0.25, 0.3) is 0 Å². The highest BCUT2D eigenvalue weighted by molar-refractivity contribution is 5.92. The lowest BCUT2D eigenvalue weighted by atomic mass is 10.2. The van der Waals surface area contributed by atoms with E-state index in [-0.39, 0.29) is 18.3 Å². The molecule has 1 aliphatic heterocycles. The summed E-state index contributed by atoms with van der Waals surface area (Å²) in [4.78, 5) is 14.2. The second-order valence-electron chi connectivity index (χ2n) is 4.89. The Bertz CT molecular complexity index is 425. The molecule has 1 aromatic rings. The average molecular weight is 284 g/mol. The van der Waals surface area contributed by atoms with Crippen molar-refractivity contribution in [1.29, 1.82) is 0 Å². The maximum atomic E-state index is 12.0. The molecule has 2 rings (SSSR count). The van der Waals surface area contributed by atoms with Gasteiger partial charge in [-0.05, 0) is 25.5 Å². The first-order chi connectivity index (χ1) is 8.66. The molecule has 1 aromatic carbocycles. The van der Waals surface area contributed by atoms with Gasteiger partial charge in [0.2, 0.25) is 5.91 Å². The van der Waals surface area contributed by atoms with E-state index in [1.807, 2.05) is 31.2 Å². The predicted octanol–water partition coefficient (Wildman–Crippen LogP) is 1.65. The van der Waals surface area contributed by atoms with E-state index in [4.69, 9.17) is 0 Å². The first-order valence-corrected chi connectivity index (χ1v) is 6.47. The van der Waals surface area contributed by atoms with E-state index in [1.165, 1.54) is 0 Å². The van der Waals surface area contributed by atoms with Crippen LogP contribution in [0.5, 0.6) is 0 Å². The van der Waals surface area contributed by atoms with Gasteiger partial charge in [0.15, 0.2) is 0 Å². The minimum Gasteiger partial charge on any atom is -0.325 e. The first-order valence-electron chi connectivity index (χ1n) is 6.47. The van der Waals surface area contributed by atoms with Crippen molar-refractivity contribution in [3.63, 3.8) is 0 Å². The molecule has 0 aromatic heterocycles. The highest BCUT2D eigenvalue weighted by atomic mass is 35.5. The number of rotatable bonds is 3. The molecule has 1 saturated heterocycles. The monoisotopic (exact) mass is 283 g/mol. The Kier molecular flexibility index (Phi) is 6.28. The van der Waals surface area contributed by atoms with Crippen LogP contribution in [0.25, 0.3) is 0 Å². The Labute approximate surface area is 121 Å². The van der Waals surface area contributed by atoms with Gasteiger partial charge in [0.05, 0.1) is 6.54 Å². The van der Waals surface area contributed by atoms with Gasteiger partial charge >= 0.3 is 0 Å². The molecule has 2 N–H and O–H groups in total. The minimum atomic E-state index is 0. The van der Waals surface area contributed by atoms with Crippen LogP contribution < -0.4 is 10.6 Å². The van der Waals surface area contributed by atoms with Crippen LogP contribution in [0, 0.1) is 6.92 Å². The molecule has 0 radical (unpaired) electrons. The lowest BCUT2D eigenvalue weighted by Crippen LogP contribution is -2.52. The van der Waals surface area contributed by atoms with E-state index >= 15 is 0 Å². The molecular formula is C14H22ClN3O. The fourth-order valence-electron chi connectivity index (χ4n) is 2.21. The summed E-state index contributed by atoms with van der Waals surface area (Å²) in [5.74, 6) is 0.0676. The maximum absolute atomic E-state index is 12.0. The number of anilines is 1. The predicted molar refractivity (Wildman–Crippen MR) is 81.0 cm³/mol. The summed E-state index contributed by atoms with van der Waals surface area (Å²) in [6, 6.07) is 8.28. The molecule has 106 valence electrons. The molecule has 1 unspecified atom stereocenters. The van der Waals surface area contributed by atoms with Crippen LogP contribution >= 0.6 is 12.4 Å². The summed E-state index contributed by atoms with van der Waals surface area (Å²) >= 11 is 0. The largest absolute Gasteiger partial charge is 0.325 e. The van der Waals surface area contributed by atoms with Crippen molar-refractivity contribution in [1.82, 2.24) is 10.2 Å². The Morgan fingerprint density at radius 2 is 2.21 bits per heavy atom. The summed E-state index contributed by atoms with van der Waals surface area (Å²) in [6.45, 7) is 7.47. The van der Waals surface area contributed by atoms with Crippen molar-refractivity contribution in [3.05, 3.63) is 29.8 Å². The van der Waals surface area contributed by atoms with E-state index in [9.17, 15) is 4.79 Å². The van der Waals surface area contributed by atoms with Crippen LogP contribution in [0.4, 0.5) is 5.69 Å². The number of aryl methyl sites for hydroxylation is 1. The minimum absolute atomic E-state index is 0. The molecule has 19 heavy (non-hydrogen) atoms. The molecule has 0 spiro atoms. The van der Waals surface area contributed by atoms with Gasteiger partial charge in [-0.3, -0.25) is 9.69 Å². The fraction of sp³-hybridized carbons (Fsp3) is 0.500. The summed E-state index contributed by atoms with van der Waals surface area (Å²) < 4.78 is 0. The molecule has 5 heteroatoms. The first kappa shape index (κ1) is 16.0. The van der Waals surface area contributed by atoms with E-state index in [0.29, 0.717) is 12.6 Å². The lowest BCUT2D eigenvalue weighted by Gasteiger charge is -2.33. The zero-order chi connectivity index (χ0) is 13.0. The number of para-hydroxylation sites is 1. The van der Waals surface area contributed by atoms with Gasteiger partial charge in [0.1, 0.15) is 0 Å². The van der Waals surface area contributed by atoms with Crippen LogP contribution in [-0.4, -0.2) is 43.0 Å². The molecule has 4 nitrogen and oxygen atoms in total. The third kappa shape index (κ3) is 4.49. The number of hydrogen-bond donors (Lipinski definition) is 2. The second-order valence-corrected chi connectivity index (χ2v) is 4.89. The highest BCUT2D eigenvalue weighted by Crippen LogP contribution is 2.13. The molecular weight excluding hydrogens is 262 g/mol. The maximum Gasteiger partial charge on any atom is 0.238 e. The zero-order valence-corrected chi connectivity index (χ0v) is 12.3. The quantitative estimate of drug-likeness (QED) is 0.887. The topological polar surface area (TPSA) is 44.4 Å². The van der Waals surface area contributed by atoms with Gasteiger partial charge in [-0.25, -0.2) is 0 Å². The van der Waals surface area contributed by atoms with Gasteiger partial charge < -0.3 is 10.6 Å². The van der Waals surface area contributed by atoms with Crippen molar-refractivity contribution < 1.29 is 4.79 Å². The van der Waals surface area contributed by atoms with Crippen molar-refractivity contribution >= 4 is 24.0 Å². The molecule has 0 aliphatic carbocycles. The smallest absolute Gasteiger partial charge is 0.238 e. The van der Waals surface area contributed by atoms with Crippen LogP contribution in [-0.2, 0) is 4.79 Å². The third-order valence-electron chi connectivity index (χ3n) is 3.40. The molecule has 1 aliphatic rings. The summed E-state index contributed by atoms with van der Waals surface area (Å²) in [5, 5.41) is 6.30. The van der Waals surface area contributed by atoms with Crippen molar-refractivity contribution in [2.24, 2.45) is 0 Å². The number of amides is 1. The molecule has 0 saturated carbocycles. The van der Waals surface area contributed by atoms with Crippen LogP contribution in [0.15, 0.2) is 24.3 Å². The standard InChI is InChI=1S/C14H21N3O.ClH/c1-11-5-3-4-6-13(11)16-14(18)10-17-8-7-15-9-12(17)2;/h3-6,12,15H,7-10H2,1-2H3,(H,16,18);1H. The lowest BCUT2D eigenvalue weighted by molar-refractivity contribution is -0.118. The Morgan fingerprint density at radius 3 is 2.89 bits per heavy atom. The average Bonchev–Trinajstić information content (AvgIpc) is 2.35. The van der Waals surface area contributed by atoms with Crippen LogP contribution in [0.2, 0.25) is 0 Å². The number of nitrogens with one attached hydrogen (secondary N) is 2. The molecule has 1 heterocycles. The van der Waals surface area contributed by atoms with Gasteiger partial charge in [0, 0.05) is 31.4 Å². The molecule has 1 amide bonds. The number of carbonyl (C=O) groups is 1. The fourth-order valence-corrected chi connectivity index (χ4v) is 2.21. The number of hydrogen-bond acceptors (Lipinski definition) is 3. The van der Waals surface area contributed by atoms with Crippen LogP contribution in [0.1, 0.15) is 12.5 Å². The van der Waals surface area contributed by atoms with Crippen LogP contribution in [0.3, 0.4) is 0 Å². The van der Waals surface area contributed by atoms with Crippen molar-refractivity contribution in [2.45, 2.75) is 19.9 Å². The summed E-state index contributed by atoms with van der Waals surface area (Å²) in [6.07, 6.45) is 0. The number of carbonyl (C=O) groups excluding carboxylic acids is 1. The van der Waals surface area contributed by atoms with Gasteiger partial charge in [-0.2, -0.15) is 0 Å². The Balaban J connectivity index is 0.00000180. The van der Waals surface area contributed by atoms with Crippen molar-refractivity contribution in [2.75, 3.05) is 31.5 Å². The molecule has 0 bridgehead atoms. The van der Waals surface area contributed by atoms with E-state index < -0.39 is 0 Å². The number of nitrogens with zero attached hydrogens (tertiary/aromatic N) is 1. The summed E-state index contributed by atoms with van der Waals surface area (Å²) in [5.41, 5.74) is 2.00. The zero-order valence-electron chi connectivity index (χ0n) is 11.5. The highest BCUT2D eigenvalue weighted by Gasteiger charge is 2.20.